The third-order valence-corrected chi connectivity index (χ3v) is 3.87. The van der Waals surface area contributed by atoms with Gasteiger partial charge in [0.15, 0.2) is 5.16 Å². The number of aromatic amines is 1. The number of aromatic nitrogens is 3. The van der Waals surface area contributed by atoms with Crippen LogP contribution >= 0.6 is 11.8 Å². The molecule has 132 valence electrons. The Bertz CT molecular complexity index is 793. The SMILES string of the molecule is CCCCOC(=O)c1cccc(NC(=O)CSc2nncc(=O)[nH]2)c1. The number of carbonyl (C=O) groups is 2. The van der Waals surface area contributed by atoms with Crippen molar-refractivity contribution in [3.63, 3.8) is 0 Å². The second kappa shape index (κ2) is 9.58. The van der Waals surface area contributed by atoms with E-state index in [1.54, 1.807) is 24.3 Å². The van der Waals surface area contributed by atoms with Gasteiger partial charge < -0.3 is 10.1 Å². The summed E-state index contributed by atoms with van der Waals surface area (Å²) >= 11 is 1.05. The van der Waals surface area contributed by atoms with E-state index in [0.717, 1.165) is 30.8 Å². The molecule has 0 spiro atoms. The molecule has 9 heteroatoms. The molecule has 0 saturated heterocycles. The van der Waals surface area contributed by atoms with Crippen molar-refractivity contribution in [2.45, 2.75) is 24.9 Å². The lowest BCUT2D eigenvalue weighted by Gasteiger charge is -2.07. The standard InChI is InChI=1S/C16H18N4O4S/c1-2-3-7-24-15(23)11-5-4-6-12(8-11)18-14(22)10-25-16-19-13(21)9-17-20-16/h4-6,8-9H,2-3,7,10H2,1H3,(H,18,22)(H,19,20,21). The molecule has 8 nitrogen and oxygen atoms in total. The van der Waals surface area contributed by atoms with Gasteiger partial charge in [0, 0.05) is 5.69 Å². The zero-order valence-corrected chi connectivity index (χ0v) is 14.5. The first-order chi connectivity index (χ1) is 12.1. The summed E-state index contributed by atoms with van der Waals surface area (Å²) in [5.74, 6) is -0.677. The highest BCUT2D eigenvalue weighted by atomic mass is 32.2. The van der Waals surface area contributed by atoms with E-state index in [1.165, 1.54) is 0 Å². The quantitative estimate of drug-likeness (QED) is 0.418. The molecule has 0 aliphatic carbocycles. The van der Waals surface area contributed by atoms with E-state index in [2.05, 4.69) is 20.5 Å². The summed E-state index contributed by atoms with van der Waals surface area (Å²) in [4.78, 5) is 37.5. The van der Waals surface area contributed by atoms with Crippen LogP contribution in [0.4, 0.5) is 5.69 Å². The van der Waals surface area contributed by atoms with Crippen LogP contribution in [0.5, 0.6) is 0 Å². The highest BCUT2D eigenvalue weighted by molar-refractivity contribution is 7.99. The van der Waals surface area contributed by atoms with E-state index < -0.39 is 5.97 Å². The third-order valence-electron chi connectivity index (χ3n) is 3.01. The molecule has 0 fully saturated rings. The van der Waals surface area contributed by atoms with Crippen LogP contribution in [0.3, 0.4) is 0 Å². The molecular formula is C16H18N4O4S. The van der Waals surface area contributed by atoms with Crippen molar-refractivity contribution in [1.29, 1.82) is 0 Å². The molecule has 1 heterocycles. The van der Waals surface area contributed by atoms with E-state index in [-0.39, 0.29) is 22.4 Å². The van der Waals surface area contributed by atoms with Crippen LogP contribution in [0, 0.1) is 0 Å². The molecule has 2 rings (SSSR count). The largest absolute Gasteiger partial charge is 0.462 e. The maximum absolute atomic E-state index is 12.0. The van der Waals surface area contributed by atoms with Crippen LogP contribution < -0.4 is 10.9 Å². The lowest BCUT2D eigenvalue weighted by molar-refractivity contribution is -0.113. The predicted molar refractivity (Wildman–Crippen MR) is 93.6 cm³/mol. The Kier molecular flexibility index (Phi) is 7.15. The van der Waals surface area contributed by atoms with Crippen LogP contribution in [-0.4, -0.2) is 39.4 Å². The van der Waals surface area contributed by atoms with Crippen LogP contribution in [-0.2, 0) is 9.53 Å². The molecule has 0 radical (unpaired) electrons. The molecule has 0 saturated carbocycles. The van der Waals surface area contributed by atoms with Gasteiger partial charge in [-0.05, 0) is 24.6 Å². The van der Waals surface area contributed by atoms with E-state index >= 15 is 0 Å². The molecule has 0 bridgehead atoms. The molecule has 2 aromatic rings. The summed E-state index contributed by atoms with van der Waals surface area (Å²) < 4.78 is 5.14. The average Bonchev–Trinajstić information content (AvgIpc) is 2.60. The number of benzene rings is 1. The van der Waals surface area contributed by atoms with Gasteiger partial charge >= 0.3 is 5.97 Å². The number of amides is 1. The predicted octanol–water partition coefficient (Wildman–Crippen LogP) is 1.85. The Hall–Kier alpha value is -2.68. The van der Waals surface area contributed by atoms with Crippen molar-refractivity contribution in [3.8, 4) is 0 Å². The summed E-state index contributed by atoms with van der Waals surface area (Å²) in [6, 6.07) is 6.53. The molecule has 0 unspecified atom stereocenters. The van der Waals surface area contributed by atoms with Gasteiger partial charge in [0.1, 0.15) is 6.20 Å². The third kappa shape index (κ3) is 6.38. The molecule has 0 atom stereocenters. The van der Waals surface area contributed by atoms with Gasteiger partial charge in [-0.25, -0.2) is 4.79 Å². The summed E-state index contributed by atoms with van der Waals surface area (Å²) in [7, 11) is 0. The van der Waals surface area contributed by atoms with Crippen molar-refractivity contribution in [2.24, 2.45) is 0 Å². The molecule has 2 N–H and O–H groups in total. The number of unbranched alkanes of at least 4 members (excludes halogenated alkanes) is 1. The fourth-order valence-electron chi connectivity index (χ4n) is 1.81. The van der Waals surface area contributed by atoms with Gasteiger partial charge in [0.2, 0.25) is 5.91 Å². The van der Waals surface area contributed by atoms with Crippen molar-refractivity contribution in [3.05, 3.63) is 46.4 Å². The van der Waals surface area contributed by atoms with Gasteiger partial charge in [-0.15, -0.1) is 5.10 Å². The van der Waals surface area contributed by atoms with Gasteiger partial charge in [-0.1, -0.05) is 31.2 Å². The van der Waals surface area contributed by atoms with Gasteiger partial charge in [-0.2, -0.15) is 5.10 Å². The van der Waals surface area contributed by atoms with Gasteiger partial charge in [-0.3, -0.25) is 14.6 Å². The molecular weight excluding hydrogens is 344 g/mol. The molecule has 1 amide bonds. The first-order valence-corrected chi connectivity index (χ1v) is 8.69. The normalized spacial score (nSPS) is 10.3. The fraction of sp³-hybridized carbons (Fsp3) is 0.312. The summed E-state index contributed by atoms with van der Waals surface area (Å²) in [6.07, 6.45) is 2.80. The van der Waals surface area contributed by atoms with Crippen LogP contribution in [0.25, 0.3) is 0 Å². The highest BCUT2D eigenvalue weighted by Crippen LogP contribution is 2.14. The Morgan fingerprint density at radius 1 is 1.36 bits per heavy atom. The molecule has 0 aliphatic heterocycles. The topological polar surface area (TPSA) is 114 Å². The average molecular weight is 362 g/mol. The first kappa shape index (κ1) is 18.7. The number of ether oxygens (including phenoxy) is 1. The molecule has 25 heavy (non-hydrogen) atoms. The molecule has 1 aromatic heterocycles. The minimum Gasteiger partial charge on any atom is -0.462 e. The van der Waals surface area contributed by atoms with Crippen molar-refractivity contribution in [2.75, 3.05) is 17.7 Å². The van der Waals surface area contributed by atoms with Gasteiger partial charge in [0.05, 0.1) is 17.9 Å². The number of rotatable bonds is 8. The number of carbonyl (C=O) groups excluding carboxylic acids is 2. The van der Waals surface area contributed by atoms with E-state index in [1.807, 2.05) is 6.92 Å². The van der Waals surface area contributed by atoms with Gasteiger partial charge in [0.25, 0.3) is 5.56 Å². The Balaban J connectivity index is 1.89. The Morgan fingerprint density at radius 2 is 2.20 bits per heavy atom. The maximum atomic E-state index is 12.0. The monoisotopic (exact) mass is 362 g/mol. The summed E-state index contributed by atoms with van der Waals surface area (Å²) in [5, 5.41) is 10.2. The molecule has 0 aliphatic rings. The zero-order chi connectivity index (χ0) is 18.1. The smallest absolute Gasteiger partial charge is 0.338 e. The Labute approximate surface area is 148 Å². The lowest BCUT2D eigenvalue weighted by atomic mass is 10.2. The number of H-pyrrole nitrogens is 1. The van der Waals surface area contributed by atoms with E-state index in [4.69, 9.17) is 4.74 Å². The minimum absolute atomic E-state index is 0.0415. The number of esters is 1. The number of nitrogens with zero attached hydrogens (tertiary/aromatic N) is 2. The number of nitrogens with one attached hydrogen (secondary N) is 2. The minimum atomic E-state index is -0.420. The fourth-order valence-corrected chi connectivity index (χ4v) is 2.43. The van der Waals surface area contributed by atoms with Crippen molar-refractivity contribution < 1.29 is 14.3 Å². The van der Waals surface area contributed by atoms with Crippen molar-refractivity contribution in [1.82, 2.24) is 15.2 Å². The number of hydrogen-bond acceptors (Lipinski definition) is 7. The van der Waals surface area contributed by atoms with Crippen LogP contribution in [0.15, 0.2) is 40.4 Å². The molecule has 1 aromatic carbocycles. The highest BCUT2D eigenvalue weighted by Gasteiger charge is 2.10. The maximum Gasteiger partial charge on any atom is 0.338 e. The number of thioether (sulfide) groups is 1. The van der Waals surface area contributed by atoms with Crippen LogP contribution in [0.2, 0.25) is 0 Å². The van der Waals surface area contributed by atoms with E-state index in [0.29, 0.717) is 17.9 Å². The van der Waals surface area contributed by atoms with Crippen LogP contribution in [0.1, 0.15) is 30.1 Å². The first-order valence-electron chi connectivity index (χ1n) is 7.70. The second-order valence-corrected chi connectivity index (χ2v) is 6.01. The lowest BCUT2D eigenvalue weighted by Crippen LogP contribution is -2.16. The van der Waals surface area contributed by atoms with E-state index in [9.17, 15) is 14.4 Å². The number of anilines is 1. The second-order valence-electron chi connectivity index (χ2n) is 5.05. The zero-order valence-electron chi connectivity index (χ0n) is 13.7. The summed E-state index contributed by atoms with van der Waals surface area (Å²) in [6.45, 7) is 2.39. The van der Waals surface area contributed by atoms with Crippen molar-refractivity contribution >= 4 is 29.3 Å². The summed E-state index contributed by atoms with van der Waals surface area (Å²) in [5.41, 5.74) is 0.482. The number of hydrogen-bond donors (Lipinski definition) is 2. The Morgan fingerprint density at radius 3 is 2.96 bits per heavy atom.